The molecular weight excluding hydrogens is 243 g/mol. The fourth-order valence-corrected chi connectivity index (χ4v) is 2.24. The van der Waals surface area contributed by atoms with Crippen LogP contribution < -0.4 is 10.2 Å². The molecule has 6 heteroatoms. The van der Waals surface area contributed by atoms with Crippen LogP contribution in [-0.2, 0) is 6.18 Å². The number of anilines is 1. The average Bonchev–Trinajstić information content (AvgIpc) is 2.38. The second-order valence-electron chi connectivity index (χ2n) is 4.48. The maximum Gasteiger partial charge on any atom is 0.419 e. The summed E-state index contributed by atoms with van der Waals surface area (Å²) >= 11 is 0. The quantitative estimate of drug-likeness (QED) is 0.883. The number of aromatic nitrogens is 1. The highest BCUT2D eigenvalue weighted by atomic mass is 19.4. The summed E-state index contributed by atoms with van der Waals surface area (Å²) in [6.07, 6.45) is -1.10. The molecule has 0 radical (unpaired) electrons. The molecule has 1 N–H and O–H groups in total. The number of nitrogens with one attached hydrogen (secondary N) is 1. The summed E-state index contributed by atoms with van der Waals surface area (Å²) < 4.78 is 38.7. The van der Waals surface area contributed by atoms with Gasteiger partial charge in [-0.1, -0.05) is 0 Å². The molecule has 1 fully saturated rings. The van der Waals surface area contributed by atoms with Crippen molar-refractivity contribution in [2.45, 2.75) is 25.1 Å². The van der Waals surface area contributed by atoms with Gasteiger partial charge >= 0.3 is 6.18 Å². The second-order valence-corrected chi connectivity index (χ2v) is 4.48. The van der Waals surface area contributed by atoms with Crippen LogP contribution in [0, 0.1) is 0 Å². The Kier molecular flexibility index (Phi) is 3.75. The Balaban J connectivity index is 2.26. The summed E-state index contributed by atoms with van der Waals surface area (Å²) in [6, 6.07) is 2.46. The van der Waals surface area contributed by atoms with E-state index in [2.05, 4.69) is 10.3 Å². The third kappa shape index (κ3) is 2.75. The maximum absolute atomic E-state index is 12.9. The van der Waals surface area contributed by atoms with E-state index < -0.39 is 11.7 Å². The van der Waals surface area contributed by atoms with Gasteiger partial charge in [0, 0.05) is 25.8 Å². The molecule has 0 spiro atoms. The molecule has 1 saturated heterocycles. The van der Waals surface area contributed by atoms with Crippen LogP contribution in [0.25, 0.3) is 0 Å². The number of piperidine rings is 1. The summed E-state index contributed by atoms with van der Waals surface area (Å²) in [6.45, 7) is 1.63. The molecule has 1 aromatic rings. The van der Waals surface area contributed by atoms with Crippen LogP contribution in [0.3, 0.4) is 0 Å². The zero-order valence-corrected chi connectivity index (χ0v) is 10.2. The molecule has 1 aliphatic rings. The molecule has 0 aliphatic carbocycles. The fraction of sp³-hybridized carbons (Fsp3) is 0.583. The van der Waals surface area contributed by atoms with Crippen LogP contribution in [0.4, 0.5) is 19.0 Å². The van der Waals surface area contributed by atoms with Crippen molar-refractivity contribution in [2.24, 2.45) is 0 Å². The fourth-order valence-electron chi connectivity index (χ4n) is 2.24. The normalized spacial score (nSPS) is 20.8. The highest BCUT2D eigenvalue weighted by molar-refractivity contribution is 5.48. The number of halogens is 3. The molecule has 2 heterocycles. The number of nitrogens with zero attached hydrogens (tertiary/aromatic N) is 2. The Hall–Kier alpha value is -1.30. The number of hydrogen-bond donors (Lipinski definition) is 1. The monoisotopic (exact) mass is 259 g/mol. The summed E-state index contributed by atoms with van der Waals surface area (Å²) in [4.78, 5) is 5.53. The number of likely N-dealkylation sites (N-methyl/N-ethyl adjacent to an activating group) is 1. The van der Waals surface area contributed by atoms with Crippen LogP contribution in [0.15, 0.2) is 18.3 Å². The van der Waals surface area contributed by atoms with Crippen molar-refractivity contribution >= 4 is 5.82 Å². The van der Waals surface area contributed by atoms with Gasteiger partial charge in [-0.05, 0) is 31.5 Å². The van der Waals surface area contributed by atoms with Crippen LogP contribution in [0.2, 0.25) is 0 Å². The van der Waals surface area contributed by atoms with E-state index in [4.69, 9.17) is 0 Å². The van der Waals surface area contributed by atoms with E-state index in [1.807, 2.05) is 0 Å². The Morgan fingerprint density at radius 3 is 2.83 bits per heavy atom. The molecule has 0 amide bonds. The minimum absolute atomic E-state index is 0.0127. The van der Waals surface area contributed by atoms with E-state index in [9.17, 15) is 13.2 Å². The van der Waals surface area contributed by atoms with Crippen molar-refractivity contribution in [2.75, 3.05) is 25.0 Å². The van der Waals surface area contributed by atoms with E-state index >= 15 is 0 Å². The van der Waals surface area contributed by atoms with Crippen molar-refractivity contribution in [1.82, 2.24) is 10.3 Å². The molecule has 1 unspecified atom stereocenters. The van der Waals surface area contributed by atoms with Crippen LogP contribution >= 0.6 is 0 Å². The molecule has 1 aromatic heterocycles. The molecular formula is C12H16F3N3. The van der Waals surface area contributed by atoms with Crippen molar-refractivity contribution < 1.29 is 13.2 Å². The lowest BCUT2D eigenvalue weighted by molar-refractivity contribution is -0.137. The zero-order chi connectivity index (χ0) is 13.2. The van der Waals surface area contributed by atoms with Gasteiger partial charge in [-0.15, -0.1) is 0 Å². The minimum atomic E-state index is -4.36. The van der Waals surface area contributed by atoms with E-state index in [1.54, 1.807) is 11.9 Å². The first-order valence-corrected chi connectivity index (χ1v) is 5.96. The van der Waals surface area contributed by atoms with Gasteiger partial charge in [-0.2, -0.15) is 13.2 Å². The Labute approximate surface area is 104 Å². The van der Waals surface area contributed by atoms with Gasteiger partial charge in [-0.3, -0.25) is 0 Å². The summed E-state index contributed by atoms with van der Waals surface area (Å²) in [5.74, 6) is 0.0127. The topological polar surface area (TPSA) is 28.2 Å². The Morgan fingerprint density at radius 2 is 2.22 bits per heavy atom. The molecule has 0 saturated carbocycles. The summed E-state index contributed by atoms with van der Waals surface area (Å²) in [5.41, 5.74) is -0.668. The van der Waals surface area contributed by atoms with Gasteiger partial charge in [0.2, 0.25) is 0 Å². The third-order valence-electron chi connectivity index (χ3n) is 3.24. The van der Waals surface area contributed by atoms with Crippen molar-refractivity contribution in [3.8, 4) is 0 Å². The van der Waals surface area contributed by atoms with E-state index in [-0.39, 0.29) is 11.9 Å². The smallest absolute Gasteiger partial charge is 0.355 e. The first-order chi connectivity index (χ1) is 8.50. The highest BCUT2D eigenvalue weighted by Gasteiger charge is 2.36. The Bertz CT molecular complexity index is 400. The first kappa shape index (κ1) is 13.1. The SMILES string of the molecule is CN(c1ncccc1C(F)(F)F)C1CCCNC1. The zero-order valence-electron chi connectivity index (χ0n) is 10.2. The molecule has 0 aromatic carbocycles. The van der Waals surface area contributed by atoms with Gasteiger partial charge in [0.1, 0.15) is 5.82 Å². The van der Waals surface area contributed by atoms with Crippen molar-refractivity contribution in [1.29, 1.82) is 0 Å². The van der Waals surface area contributed by atoms with Gasteiger partial charge in [0.15, 0.2) is 0 Å². The maximum atomic E-state index is 12.9. The second kappa shape index (κ2) is 5.14. The average molecular weight is 259 g/mol. The predicted octanol–water partition coefficient (Wildman–Crippen LogP) is 2.29. The summed E-state index contributed by atoms with van der Waals surface area (Å²) in [7, 11) is 1.68. The van der Waals surface area contributed by atoms with Gasteiger partial charge in [0.05, 0.1) is 5.56 Å². The number of rotatable bonds is 2. The van der Waals surface area contributed by atoms with Gasteiger partial charge in [-0.25, -0.2) is 4.98 Å². The van der Waals surface area contributed by atoms with Crippen LogP contribution in [0.1, 0.15) is 18.4 Å². The van der Waals surface area contributed by atoms with E-state index in [0.29, 0.717) is 6.54 Å². The lowest BCUT2D eigenvalue weighted by atomic mass is 10.1. The van der Waals surface area contributed by atoms with Gasteiger partial charge < -0.3 is 10.2 Å². The number of pyridine rings is 1. The predicted molar refractivity (Wildman–Crippen MR) is 63.5 cm³/mol. The third-order valence-corrected chi connectivity index (χ3v) is 3.24. The van der Waals surface area contributed by atoms with E-state index in [0.717, 1.165) is 25.5 Å². The van der Waals surface area contributed by atoms with Crippen molar-refractivity contribution in [3.63, 3.8) is 0 Å². The standard InChI is InChI=1S/C12H16F3N3/c1-18(9-4-2-6-16-8-9)11-10(12(13,14)15)5-3-7-17-11/h3,5,7,9,16H,2,4,6,8H2,1H3. The molecule has 2 rings (SSSR count). The van der Waals surface area contributed by atoms with E-state index in [1.165, 1.54) is 12.3 Å². The molecule has 1 atom stereocenters. The lowest BCUT2D eigenvalue weighted by Crippen LogP contribution is -2.45. The Morgan fingerprint density at radius 1 is 1.44 bits per heavy atom. The van der Waals surface area contributed by atoms with Crippen molar-refractivity contribution in [3.05, 3.63) is 23.9 Å². The van der Waals surface area contributed by atoms with Crippen LogP contribution in [0.5, 0.6) is 0 Å². The molecule has 100 valence electrons. The number of alkyl halides is 3. The summed E-state index contributed by atoms with van der Waals surface area (Å²) in [5, 5.41) is 3.19. The highest BCUT2D eigenvalue weighted by Crippen LogP contribution is 2.35. The number of hydrogen-bond acceptors (Lipinski definition) is 3. The van der Waals surface area contributed by atoms with Crippen LogP contribution in [-0.4, -0.2) is 31.2 Å². The largest absolute Gasteiger partial charge is 0.419 e. The molecule has 1 aliphatic heterocycles. The minimum Gasteiger partial charge on any atom is -0.355 e. The molecule has 3 nitrogen and oxygen atoms in total. The molecule has 0 bridgehead atoms. The lowest BCUT2D eigenvalue weighted by Gasteiger charge is -2.33. The molecule has 18 heavy (non-hydrogen) atoms. The van der Waals surface area contributed by atoms with Gasteiger partial charge in [0.25, 0.3) is 0 Å². The first-order valence-electron chi connectivity index (χ1n) is 5.96.